The normalized spacial score (nSPS) is 11.6. The molecule has 9 heteroatoms. The minimum absolute atomic E-state index is 0.0358. The summed E-state index contributed by atoms with van der Waals surface area (Å²) in [4.78, 5) is 0. The lowest BCUT2D eigenvalue weighted by Gasteiger charge is -2.06. The molecule has 0 atom stereocenters. The highest BCUT2D eigenvalue weighted by atomic mass is 32.1. The van der Waals surface area contributed by atoms with Gasteiger partial charge in [-0.3, -0.25) is 0 Å². The first kappa shape index (κ1) is 18.8. The zero-order valence-electron chi connectivity index (χ0n) is 14.8. The highest BCUT2D eigenvalue weighted by Gasteiger charge is 2.11. The van der Waals surface area contributed by atoms with Gasteiger partial charge in [-0.05, 0) is 53.3 Å². The molecule has 0 spiro atoms. The summed E-state index contributed by atoms with van der Waals surface area (Å²) >= 11 is 5.24. The predicted molar refractivity (Wildman–Crippen MR) is 108 cm³/mol. The standard InChI is InChI=1S/C20H14F2N4O2S/c21-19(22)28-14-8-5-13(6-9-14)18-24-25-20(29)26(18)23-11-16-15-4-2-1-3-12(15)7-10-17(16)27/h1-11,19,27H,(H,25,29). The number of alkyl halides is 2. The van der Waals surface area contributed by atoms with Gasteiger partial charge in [-0.2, -0.15) is 23.7 Å². The second-order valence-corrected chi connectivity index (χ2v) is 6.42. The van der Waals surface area contributed by atoms with Gasteiger partial charge >= 0.3 is 6.61 Å². The molecule has 0 aliphatic carbocycles. The quantitative estimate of drug-likeness (QED) is 0.359. The minimum Gasteiger partial charge on any atom is -0.507 e. The number of ether oxygens (including phenoxy) is 1. The Labute approximate surface area is 168 Å². The van der Waals surface area contributed by atoms with Crippen molar-refractivity contribution in [2.45, 2.75) is 6.61 Å². The molecule has 4 rings (SSSR count). The summed E-state index contributed by atoms with van der Waals surface area (Å²) in [6.07, 6.45) is 1.50. The molecule has 0 unspecified atom stereocenters. The monoisotopic (exact) mass is 412 g/mol. The molecule has 146 valence electrons. The maximum absolute atomic E-state index is 12.3. The number of hydrogen-bond donors (Lipinski definition) is 2. The molecule has 0 radical (unpaired) electrons. The summed E-state index contributed by atoms with van der Waals surface area (Å²) in [6.45, 7) is -2.90. The molecule has 0 fully saturated rings. The Bertz CT molecular complexity index is 1250. The van der Waals surface area contributed by atoms with Crippen LogP contribution in [0.25, 0.3) is 22.2 Å². The Kier molecular flexibility index (Phi) is 5.05. The van der Waals surface area contributed by atoms with E-state index in [0.29, 0.717) is 17.0 Å². The number of aromatic nitrogens is 3. The van der Waals surface area contributed by atoms with Crippen molar-refractivity contribution in [3.05, 3.63) is 71.0 Å². The van der Waals surface area contributed by atoms with Crippen molar-refractivity contribution < 1.29 is 18.6 Å². The lowest BCUT2D eigenvalue weighted by Crippen LogP contribution is -2.01. The third-order valence-electron chi connectivity index (χ3n) is 4.24. The largest absolute Gasteiger partial charge is 0.507 e. The average Bonchev–Trinajstić information content (AvgIpc) is 3.08. The zero-order chi connectivity index (χ0) is 20.4. The summed E-state index contributed by atoms with van der Waals surface area (Å²) in [5.41, 5.74) is 1.14. The van der Waals surface area contributed by atoms with E-state index in [1.54, 1.807) is 18.2 Å². The highest BCUT2D eigenvalue weighted by molar-refractivity contribution is 7.71. The Morgan fingerprint density at radius 1 is 1.10 bits per heavy atom. The van der Waals surface area contributed by atoms with Crippen molar-refractivity contribution in [2.24, 2.45) is 5.10 Å². The van der Waals surface area contributed by atoms with Gasteiger partial charge in [0.25, 0.3) is 0 Å². The van der Waals surface area contributed by atoms with Crippen molar-refractivity contribution >= 4 is 29.2 Å². The fourth-order valence-electron chi connectivity index (χ4n) is 2.91. The number of nitrogens with one attached hydrogen (secondary N) is 1. The molecule has 0 bridgehead atoms. The van der Waals surface area contributed by atoms with Crippen LogP contribution in [0.1, 0.15) is 5.56 Å². The topological polar surface area (TPSA) is 75.4 Å². The lowest BCUT2D eigenvalue weighted by molar-refractivity contribution is -0.0498. The molecule has 3 aromatic carbocycles. The van der Waals surface area contributed by atoms with Crippen LogP contribution in [-0.4, -0.2) is 32.8 Å². The van der Waals surface area contributed by atoms with E-state index in [0.717, 1.165) is 10.8 Å². The van der Waals surface area contributed by atoms with Crippen LogP contribution in [0.5, 0.6) is 11.5 Å². The van der Waals surface area contributed by atoms with Gasteiger partial charge in [0.15, 0.2) is 5.82 Å². The second kappa shape index (κ2) is 7.80. The van der Waals surface area contributed by atoms with Crippen LogP contribution in [0.15, 0.2) is 65.8 Å². The van der Waals surface area contributed by atoms with E-state index in [9.17, 15) is 13.9 Å². The van der Waals surface area contributed by atoms with E-state index in [1.807, 2.05) is 30.3 Å². The van der Waals surface area contributed by atoms with Crippen LogP contribution >= 0.6 is 12.2 Å². The van der Waals surface area contributed by atoms with E-state index in [2.05, 4.69) is 20.0 Å². The van der Waals surface area contributed by atoms with Crippen LogP contribution in [0.2, 0.25) is 0 Å². The number of phenols is 1. The summed E-state index contributed by atoms with van der Waals surface area (Å²) in [5.74, 6) is 0.501. The predicted octanol–water partition coefficient (Wildman–Crippen LogP) is 4.95. The number of halogens is 2. The molecule has 0 aliphatic heterocycles. The van der Waals surface area contributed by atoms with Crippen molar-refractivity contribution in [2.75, 3.05) is 0 Å². The molecule has 2 N–H and O–H groups in total. The molecule has 1 heterocycles. The minimum atomic E-state index is -2.90. The maximum atomic E-state index is 12.3. The third-order valence-corrected chi connectivity index (χ3v) is 4.50. The molecule has 0 aliphatic rings. The Morgan fingerprint density at radius 2 is 1.86 bits per heavy atom. The van der Waals surface area contributed by atoms with Gasteiger partial charge in [-0.1, -0.05) is 30.3 Å². The number of nitrogens with zero attached hydrogens (tertiary/aromatic N) is 3. The third kappa shape index (κ3) is 3.85. The van der Waals surface area contributed by atoms with Crippen LogP contribution in [0.3, 0.4) is 0 Å². The van der Waals surface area contributed by atoms with Gasteiger partial charge in [0, 0.05) is 11.1 Å². The van der Waals surface area contributed by atoms with E-state index >= 15 is 0 Å². The lowest BCUT2D eigenvalue weighted by atomic mass is 10.0. The Hall–Kier alpha value is -3.59. The highest BCUT2D eigenvalue weighted by Crippen LogP contribution is 2.26. The summed E-state index contributed by atoms with van der Waals surface area (Å²) in [7, 11) is 0. The first-order chi connectivity index (χ1) is 14.0. The van der Waals surface area contributed by atoms with E-state index in [1.165, 1.54) is 23.0 Å². The van der Waals surface area contributed by atoms with Crippen molar-refractivity contribution in [1.82, 2.24) is 14.9 Å². The summed E-state index contributed by atoms with van der Waals surface area (Å²) in [6, 6.07) is 17.0. The molecule has 0 amide bonds. The van der Waals surface area contributed by atoms with Crippen molar-refractivity contribution in [3.63, 3.8) is 0 Å². The first-order valence-corrected chi connectivity index (χ1v) is 8.91. The van der Waals surface area contributed by atoms with Gasteiger partial charge in [0.05, 0.1) is 6.21 Å². The maximum Gasteiger partial charge on any atom is 0.387 e. The van der Waals surface area contributed by atoms with Gasteiger partial charge in [-0.25, -0.2) is 5.10 Å². The van der Waals surface area contributed by atoms with Crippen LogP contribution in [-0.2, 0) is 0 Å². The van der Waals surface area contributed by atoms with Crippen LogP contribution in [0.4, 0.5) is 8.78 Å². The van der Waals surface area contributed by atoms with E-state index in [4.69, 9.17) is 12.2 Å². The van der Waals surface area contributed by atoms with Crippen LogP contribution in [0, 0.1) is 4.77 Å². The van der Waals surface area contributed by atoms with Gasteiger partial charge in [-0.15, -0.1) is 0 Å². The molecule has 1 aromatic heterocycles. The molecule has 0 saturated heterocycles. The fraction of sp³-hybridized carbons (Fsp3) is 0.0500. The smallest absolute Gasteiger partial charge is 0.387 e. The van der Waals surface area contributed by atoms with E-state index < -0.39 is 6.61 Å². The average molecular weight is 412 g/mol. The number of hydrogen-bond acceptors (Lipinski definition) is 5. The Balaban J connectivity index is 1.72. The number of aromatic hydroxyl groups is 1. The number of rotatable bonds is 5. The number of benzene rings is 3. The van der Waals surface area contributed by atoms with E-state index in [-0.39, 0.29) is 16.3 Å². The number of aromatic amines is 1. The first-order valence-electron chi connectivity index (χ1n) is 8.50. The van der Waals surface area contributed by atoms with Gasteiger partial charge < -0.3 is 9.84 Å². The molecular formula is C20H14F2N4O2S. The number of H-pyrrole nitrogens is 1. The van der Waals surface area contributed by atoms with Crippen molar-refractivity contribution in [3.8, 4) is 22.9 Å². The second-order valence-electron chi connectivity index (χ2n) is 6.03. The summed E-state index contributed by atoms with van der Waals surface area (Å²) in [5, 5.41) is 23.3. The Morgan fingerprint density at radius 3 is 2.62 bits per heavy atom. The number of fused-ring (bicyclic) bond motifs is 1. The molecular weight excluding hydrogens is 398 g/mol. The fourth-order valence-corrected chi connectivity index (χ4v) is 3.09. The molecule has 29 heavy (non-hydrogen) atoms. The SMILES string of the molecule is Oc1ccc2ccccc2c1C=Nn1c(-c2ccc(OC(F)F)cc2)n[nH]c1=S. The van der Waals surface area contributed by atoms with Crippen molar-refractivity contribution in [1.29, 1.82) is 0 Å². The van der Waals surface area contributed by atoms with Crippen LogP contribution < -0.4 is 4.74 Å². The van der Waals surface area contributed by atoms with Gasteiger partial charge in [0.2, 0.25) is 4.77 Å². The molecule has 4 aromatic rings. The zero-order valence-corrected chi connectivity index (χ0v) is 15.6. The van der Waals surface area contributed by atoms with Gasteiger partial charge in [0.1, 0.15) is 11.5 Å². The number of phenolic OH excluding ortho intramolecular Hbond substituents is 1. The molecule has 0 saturated carbocycles. The summed E-state index contributed by atoms with van der Waals surface area (Å²) < 4.78 is 30.6. The molecule has 6 nitrogen and oxygen atoms in total.